The third-order valence-corrected chi connectivity index (χ3v) is 4.50. The minimum absolute atomic E-state index is 0.0658. The maximum absolute atomic E-state index is 13.1. The van der Waals surface area contributed by atoms with E-state index in [1.165, 1.54) is 12.1 Å². The summed E-state index contributed by atoms with van der Waals surface area (Å²) < 4.78 is 13.1. The first-order valence-electron chi connectivity index (χ1n) is 7.49. The molecule has 0 radical (unpaired) electrons. The number of carbonyl (C=O) groups is 1. The van der Waals surface area contributed by atoms with E-state index >= 15 is 0 Å². The van der Waals surface area contributed by atoms with Gasteiger partial charge in [-0.3, -0.25) is 4.79 Å². The third-order valence-electron chi connectivity index (χ3n) is 4.50. The number of carbonyl (C=O) groups excluding carboxylic acids is 1. The number of nitrogens with two attached hydrogens (primary N) is 1. The van der Waals surface area contributed by atoms with Crippen LogP contribution in [0.15, 0.2) is 48.5 Å². The number of amides is 1. The van der Waals surface area contributed by atoms with Crippen molar-refractivity contribution in [2.45, 2.75) is 24.7 Å². The standard InChI is InChI=1S/C18H19FN2O/c19-15-7-5-14(6-8-15)18(9-2-10-18)12-21-17(22)13-3-1-4-16(20)11-13/h1,3-8,11H,2,9-10,12,20H2,(H,21,22). The van der Waals surface area contributed by atoms with Gasteiger partial charge in [0.1, 0.15) is 5.82 Å². The van der Waals surface area contributed by atoms with Crippen LogP contribution in [0.4, 0.5) is 10.1 Å². The molecule has 3 nitrogen and oxygen atoms in total. The number of nitrogens with one attached hydrogen (secondary N) is 1. The molecule has 4 heteroatoms. The highest BCUT2D eigenvalue weighted by atomic mass is 19.1. The van der Waals surface area contributed by atoms with E-state index in [0.717, 1.165) is 24.8 Å². The molecule has 2 aromatic carbocycles. The molecular formula is C18H19FN2O. The van der Waals surface area contributed by atoms with Crippen molar-refractivity contribution in [1.29, 1.82) is 0 Å². The molecule has 0 aromatic heterocycles. The molecule has 3 rings (SSSR count). The van der Waals surface area contributed by atoms with E-state index in [1.807, 2.05) is 12.1 Å². The topological polar surface area (TPSA) is 55.1 Å². The molecular weight excluding hydrogens is 279 g/mol. The molecule has 114 valence electrons. The maximum atomic E-state index is 13.1. The van der Waals surface area contributed by atoms with Crippen LogP contribution >= 0.6 is 0 Å². The van der Waals surface area contributed by atoms with E-state index in [-0.39, 0.29) is 17.1 Å². The summed E-state index contributed by atoms with van der Waals surface area (Å²) in [7, 11) is 0. The van der Waals surface area contributed by atoms with Crippen LogP contribution in [-0.4, -0.2) is 12.5 Å². The van der Waals surface area contributed by atoms with Gasteiger partial charge in [-0.05, 0) is 48.7 Å². The number of benzene rings is 2. The molecule has 1 aliphatic carbocycles. The largest absolute Gasteiger partial charge is 0.399 e. The zero-order valence-electron chi connectivity index (χ0n) is 12.3. The van der Waals surface area contributed by atoms with Gasteiger partial charge < -0.3 is 11.1 Å². The summed E-state index contributed by atoms with van der Waals surface area (Å²) in [4.78, 5) is 12.2. The van der Waals surface area contributed by atoms with E-state index in [4.69, 9.17) is 5.73 Å². The summed E-state index contributed by atoms with van der Waals surface area (Å²) in [6.07, 6.45) is 3.15. The van der Waals surface area contributed by atoms with Crippen LogP contribution in [0.2, 0.25) is 0 Å². The average molecular weight is 298 g/mol. The first kappa shape index (κ1) is 14.6. The van der Waals surface area contributed by atoms with Crippen molar-refractivity contribution in [3.63, 3.8) is 0 Å². The Morgan fingerprint density at radius 2 is 1.91 bits per heavy atom. The number of rotatable bonds is 4. The Kier molecular flexibility index (Phi) is 3.84. The highest BCUT2D eigenvalue weighted by Crippen LogP contribution is 2.43. The zero-order valence-corrected chi connectivity index (χ0v) is 12.3. The summed E-state index contributed by atoms with van der Waals surface area (Å²) in [6.45, 7) is 0.562. The predicted molar refractivity (Wildman–Crippen MR) is 85.1 cm³/mol. The third kappa shape index (κ3) is 2.82. The van der Waals surface area contributed by atoms with Crippen LogP contribution in [0, 0.1) is 5.82 Å². The second-order valence-electron chi connectivity index (χ2n) is 5.95. The summed E-state index contributed by atoms with van der Waals surface area (Å²) in [5, 5.41) is 2.99. The summed E-state index contributed by atoms with van der Waals surface area (Å²) in [5.41, 5.74) is 7.87. The number of anilines is 1. The van der Waals surface area contributed by atoms with Crippen LogP contribution in [0.3, 0.4) is 0 Å². The van der Waals surface area contributed by atoms with Crippen LogP contribution in [-0.2, 0) is 5.41 Å². The van der Waals surface area contributed by atoms with Gasteiger partial charge in [-0.25, -0.2) is 4.39 Å². The molecule has 0 heterocycles. The molecule has 3 N–H and O–H groups in total. The molecule has 0 unspecified atom stereocenters. The highest BCUT2D eigenvalue weighted by molar-refractivity contribution is 5.95. The van der Waals surface area contributed by atoms with Gasteiger partial charge >= 0.3 is 0 Å². The number of hydrogen-bond acceptors (Lipinski definition) is 2. The number of nitrogen functional groups attached to an aromatic ring is 1. The van der Waals surface area contributed by atoms with E-state index in [2.05, 4.69) is 5.32 Å². The van der Waals surface area contributed by atoms with Gasteiger partial charge in [0.25, 0.3) is 5.91 Å². The molecule has 1 aliphatic rings. The van der Waals surface area contributed by atoms with E-state index in [9.17, 15) is 9.18 Å². The average Bonchev–Trinajstić information content (AvgIpc) is 2.47. The molecule has 1 saturated carbocycles. The molecule has 0 bridgehead atoms. The highest BCUT2D eigenvalue weighted by Gasteiger charge is 2.38. The Morgan fingerprint density at radius 3 is 2.50 bits per heavy atom. The molecule has 0 saturated heterocycles. The van der Waals surface area contributed by atoms with Crippen molar-refractivity contribution >= 4 is 11.6 Å². The Morgan fingerprint density at radius 1 is 1.18 bits per heavy atom. The fourth-order valence-corrected chi connectivity index (χ4v) is 3.01. The lowest BCUT2D eigenvalue weighted by Gasteiger charge is -2.42. The monoisotopic (exact) mass is 298 g/mol. The lowest BCUT2D eigenvalue weighted by atomic mass is 9.64. The van der Waals surface area contributed by atoms with E-state index < -0.39 is 0 Å². The smallest absolute Gasteiger partial charge is 0.251 e. The quantitative estimate of drug-likeness (QED) is 0.851. The minimum atomic E-state index is -0.234. The van der Waals surface area contributed by atoms with Crippen LogP contribution < -0.4 is 11.1 Å². The van der Waals surface area contributed by atoms with Gasteiger partial charge in [0.2, 0.25) is 0 Å². The van der Waals surface area contributed by atoms with Gasteiger partial charge in [-0.1, -0.05) is 24.6 Å². The first-order chi connectivity index (χ1) is 10.6. The number of hydrogen-bond donors (Lipinski definition) is 2. The molecule has 22 heavy (non-hydrogen) atoms. The summed E-state index contributed by atoms with van der Waals surface area (Å²) >= 11 is 0. The predicted octanol–water partition coefficient (Wildman–Crippen LogP) is 3.26. The normalized spacial score (nSPS) is 15.9. The second kappa shape index (κ2) is 5.79. The van der Waals surface area contributed by atoms with E-state index in [1.54, 1.807) is 24.3 Å². The van der Waals surface area contributed by atoms with Crippen molar-refractivity contribution in [2.75, 3.05) is 12.3 Å². The fraction of sp³-hybridized carbons (Fsp3) is 0.278. The van der Waals surface area contributed by atoms with E-state index in [0.29, 0.717) is 17.8 Å². The summed E-state index contributed by atoms with van der Waals surface area (Å²) in [6, 6.07) is 13.5. The fourth-order valence-electron chi connectivity index (χ4n) is 3.01. The van der Waals surface area contributed by atoms with Gasteiger partial charge in [-0.2, -0.15) is 0 Å². The SMILES string of the molecule is Nc1cccc(C(=O)NCC2(c3ccc(F)cc3)CCC2)c1. The molecule has 1 amide bonds. The first-order valence-corrected chi connectivity index (χ1v) is 7.49. The van der Waals surface area contributed by atoms with Crippen molar-refractivity contribution in [2.24, 2.45) is 0 Å². The lowest BCUT2D eigenvalue weighted by molar-refractivity contribution is 0.0928. The van der Waals surface area contributed by atoms with Crippen molar-refractivity contribution in [3.05, 3.63) is 65.5 Å². The van der Waals surface area contributed by atoms with Crippen LogP contribution in [0.25, 0.3) is 0 Å². The van der Waals surface area contributed by atoms with Gasteiger partial charge in [-0.15, -0.1) is 0 Å². The minimum Gasteiger partial charge on any atom is -0.399 e. The second-order valence-corrected chi connectivity index (χ2v) is 5.95. The molecule has 2 aromatic rings. The molecule has 1 fully saturated rings. The van der Waals surface area contributed by atoms with Crippen molar-refractivity contribution in [1.82, 2.24) is 5.32 Å². The van der Waals surface area contributed by atoms with Gasteiger partial charge in [0.05, 0.1) is 0 Å². The maximum Gasteiger partial charge on any atom is 0.251 e. The Bertz CT molecular complexity index is 678. The number of halogens is 1. The molecule has 0 spiro atoms. The van der Waals surface area contributed by atoms with Gasteiger partial charge in [0, 0.05) is 23.2 Å². The Labute approximate surface area is 129 Å². The van der Waals surface area contributed by atoms with Gasteiger partial charge in [0.15, 0.2) is 0 Å². The van der Waals surface area contributed by atoms with Crippen molar-refractivity contribution < 1.29 is 9.18 Å². The van der Waals surface area contributed by atoms with Crippen LogP contribution in [0.5, 0.6) is 0 Å². The lowest BCUT2D eigenvalue weighted by Crippen LogP contribution is -2.45. The Hall–Kier alpha value is -2.36. The molecule has 0 aliphatic heterocycles. The van der Waals surface area contributed by atoms with Crippen LogP contribution in [0.1, 0.15) is 35.2 Å². The zero-order chi connectivity index (χ0) is 15.6. The summed E-state index contributed by atoms with van der Waals surface area (Å²) in [5.74, 6) is -0.359. The Balaban J connectivity index is 1.71. The van der Waals surface area contributed by atoms with Crippen molar-refractivity contribution in [3.8, 4) is 0 Å². The molecule has 0 atom stereocenters.